The largest absolute Gasteiger partial charge is 0.512 e. The molecule has 0 bridgehead atoms. The third-order valence-electron chi connectivity index (χ3n) is 2.22. The van der Waals surface area contributed by atoms with Crippen LogP contribution in [0.4, 0.5) is 0 Å². The normalized spacial score (nSPS) is 11.6. The average Bonchev–Trinajstić information content (AvgIpc) is 2.29. The first-order valence-corrected chi connectivity index (χ1v) is 6.02. The average molecular weight is 268 g/mol. The maximum atomic E-state index is 10.2. The third-order valence-corrected chi connectivity index (χ3v) is 2.22. The van der Waals surface area contributed by atoms with Crippen molar-refractivity contribution in [3.05, 3.63) is 23.8 Å². The molecule has 0 atom stereocenters. The van der Waals surface area contributed by atoms with E-state index < -0.39 is 10.6 Å². The molecule has 4 nitrogen and oxygen atoms in total. The van der Waals surface area contributed by atoms with E-state index >= 15 is 0 Å². The molecule has 1 aromatic carbocycles. The number of rotatable bonds is 8. The molecule has 0 aromatic heterocycles. The van der Waals surface area contributed by atoms with Gasteiger partial charge in [-0.2, -0.15) is 0 Å². The van der Waals surface area contributed by atoms with E-state index in [1.165, 1.54) is 6.07 Å². The number of hydrogen-bond acceptors (Lipinski definition) is 3. The SMILES string of the molecule is [B]C([B])([B])Oc1ccc(CCNC=O)cc1OC([B])([B])[B]. The molecule has 1 rings (SSSR count). The summed E-state index contributed by atoms with van der Waals surface area (Å²) in [6.07, 6.45) is 1.15. The number of ether oxygens (including phenoxy) is 2. The molecule has 0 unspecified atom stereocenters. The van der Waals surface area contributed by atoms with Gasteiger partial charge in [0.05, 0.1) is 0 Å². The molecular weight excluding hydrogens is 259 g/mol. The highest BCUT2D eigenvalue weighted by molar-refractivity contribution is 6.59. The molecule has 21 heavy (non-hydrogen) atoms. The molecular formula is C11H9B6NO3. The smallest absolute Gasteiger partial charge is 0.207 e. The second-order valence-electron chi connectivity index (χ2n) is 4.51. The first-order valence-electron chi connectivity index (χ1n) is 6.02. The van der Waals surface area contributed by atoms with Crippen LogP contribution in [0.3, 0.4) is 0 Å². The van der Waals surface area contributed by atoms with Crippen molar-refractivity contribution in [2.45, 2.75) is 17.0 Å². The van der Waals surface area contributed by atoms with Crippen molar-refractivity contribution >= 4 is 53.5 Å². The molecule has 1 N–H and O–H groups in total. The Morgan fingerprint density at radius 3 is 2.10 bits per heavy atom. The van der Waals surface area contributed by atoms with Crippen molar-refractivity contribution in [3.63, 3.8) is 0 Å². The van der Waals surface area contributed by atoms with Crippen molar-refractivity contribution in [1.82, 2.24) is 5.32 Å². The monoisotopic (exact) mass is 269 g/mol. The Morgan fingerprint density at radius 2 is 1.57 bits per heavy atom. The molecule has 94 valence electrons. The lowest BCUT2D eigenvalue weighted by atomic mass is 9.52. The molecule has 0 aliphatic heterocycles. The fourth-order valence-corrected chi connectivity index (χ4v) is 1.53. The Balaban J connectivity index is 2.99. The van der Waals surface area contributed by atoms with Crippen molar-refractivity contribution in [3.8, 4) is 11.5 Å². The van der Waals surface area contributed by atoms with Crippen LogP contribution < -0.4 is 14.8 Å². The Hall–Kier alpha value is -1.32. The molecule has 0 aliphatic carbocycles. The number of carbonyl (C=O) groups excluding carboxylic acids is 1. The van der Waals surface area contributed by atoms with Crippen molar-refractivity contribution in [2.75, 3.05) is 6.54 Å². The minimum Gasteiger partial charge on any atom is -0.512 e. The van der Waals surface area contributed by atoms with E-state index in [0.717, 1.165) is 5.56 Å². The van der Waals surface area contributed by atoms with Gasteiger partial charge in [-0.05, 0) is 34.7 Å². The molecule has 0 saturated carbocycles. The zero-order chi connectivity index (χ0) is 16.1. The van der Waals surface area contributed by atoms with Gasteiger partial charge < -0.3 is 14.8 Å². The van der Waals surface area contributed by atoms with Gasteiger partial charge in [0.1, 0.15) is 47.1 Å². The molecule has 0 spiro atoms. The third kappa shape index (κ3) is 7.30. The van der Waals surface area contributed by atoms with Crippen molar-refractivity contribution < 1.29 is 14.3 Å². The molecule has 10 heteroatoms. The summed E-state index contributed by atoms with van der Waals surface area (Å²) in [5.74, 6) is 0.247. The number of nitrogens with one attached hydrogen (secondary N) is 1. The van der Waals surface area contributed by atoms with E-state index in [9.17, 15) is 4.79 Å². The predicted octanol–water partition coefficient (Wildman–Crippen LogP) is -2.03. The second kappa shape index (κ2) is 7.10. The van der Waals surface area contributed by atoms with Gasteiger partial charge in [0.15, 0.2) is 11.5 Å². The van der Waals surface area contributed by atoms with Gasteiger partial charge in [0.2, 0.25) is 6.41 Å². The Labute approximate surface area is 132 Å². The summed E-state index contributed by atoms with van der Waals surface area (Å²) in [5.41, 5.74) is 0.813. The summed E-state index contributed by atoms with van der Waals surface area (Å²) >= 11 is 0. The van der Waals surface area contributed by atoms with Gasteiger partial charge in [-0.3, -0.25) is 4.79 Å². The van der Waals surface area contributed by atoms with E-state index in [4.69, 9.17) is 56.6 Å². The van der Waals surface area contributed by atoms with Gasteiger partial charge in [0.25, 0.3) is 0 Å². The predicted molar refractivity (Wildman–Crippen MR) is 85.5 cm³/mol. The van der Waals surface area contributed by atoms with Crippen molar-refractivity contribution in [2.24, 2.45) is 0 Å². The fourth-order valence-electron chi connectivity index (χ4n) is 1.53. The summed E-state index contributed by atoms with van der Waals surface area (Å²) < 4.78 is 10.3. The van der Waals surface area contributed by atoms with Crippen LogP contribution in [0.25, 0.3) is 0 Å². The number of amides is 1. The summed E-state index contributed by atoms with van der Waals surface area (Å²) in [6.45, 7) is 0.441. The Morgan fingerprint density at radius 1 is 1.00 bits per heavy atom. The van der Waals surface area contributed by atoms with Gasteiger partial charge in [-0.1, -0.05) is 6.07 Å². The van der Waals surface area contributed by atoms with E-state index in [2.05, 4.69) is 5.32 Å². The highest BCUT2D eigenvalue weighted by atomic mass is 16.5. The van der Waals surface area contributed by atoms with Crippen LogP contribution in [0.2, 0.25) is 0 Å². The van der Waals surface area contributed by atoms with Crippen LogP contribution in [0.15, 0.2) is 18.2 Å². The lowest BCUT2D eigenvalue weighted by Gasteiger charge is -2.29. The number of benzene rings is 1. The van der Waals surface area contributed by atoms with Gasteiger partial charge in [-0.15, -0.1) is 0 Å². The van der Waals surface area contributed by atoms with Crippen LogP contribution in [-0.2, 0) is 11.2 Å². The Bertz CT molecular complexity index is 486. The van der Waals surface area contributed by atoms with E-state index in [0.29, 0.717) is 19.4 Å². The highest BCUT2D eigenvalue weighted by Crippen LogP contribution is 2.31. The minimum atomic E-state index is -1.92. The van der Waals surface area contributed by atoms with Crippen LogP contribution in [0.5, 0.6) is 11.5 Å². The zero-order valence-electron chi connectivity index (χ0n) is 11.4. The summed E-state index contributed by atoms with van der Waals surface area (Å²) in [6, 6.07) is 4.82. The minimum absolute atomic E-state index is 0.122. The first kappa shape index (κ1) is 17.7. The molecule has 0 heterocycles. The number of carbonyl (C=O) groups is 1. The van der Waals surface area contributed by atoms with Crippen LogP contribution in [0, 0.1) is 0 Å². The zero-order valence-corrected chi connectivity index (χ0v) is 11.4. The van der Waals surface area contributed by atoms with Crippen LogP contribution in [-0.4, -0.2) is 70.6 Å². The Kier molecular flexibility index (Phi) is 5.99. The van der Waals surface area contributed by atoms with E-state index in [1.54, 1.807) is 12.1 Å². The lowest BCUT2D eigenvalue weighted by molar-refractivity contribution is -0.109. The van der Waals surface area contributed by atoms with Crippen molar-refractivity contribution in [1.29, 1.82) is 0 Å². The van der Waals surface area contributed by atoms with Gasteiger partial charge in [0, 0.05) is 6.54 Å². The van der Waals surface area contributed by atoms with E-state index in [-0.39, 0.29) is 11.5 Å². The lowest BCUT2D eigenvalue weighted by Crippen LogP contribution is -2.40. The van der Waals surface area contributed by atoms with Crippen LogP contribution >= 0.6 is 0 Å². The summed E-state index contributed by atoms with van der Waals surface area (Å²) in [7, 11) is 32.3. The molecule has 1 aromatic rings. The first-order chi connectivity index (χ1) is 9.61. The highest BCUT2D eigenvalue weighted by Gasteiger charge is 2.18. The van der Waals surface area contributed by atoms with Gasteiger partial charge in [-0.25, -0.2) is 0 Å². The maximum absolute atomic E-state index is 10.2. The number of hydrogen-bond donors (Lipinski definition) is 1. The standard InChI is InChI=1S/C11H9B6NO3/c12-10(13,14)20-8-2-1-7(3-4-18-6-19)5-9(8)21-11(15,16)17/h1-2,5-6H,3-4H2,(H,18,19). The fraction of sp³-hybridized carbons (Fsp3) is 0.364. The molecule has 0 aliphatic rings. The molecule has 12 radical (unpaired) electrons. The maximum Gasteiger partial charge on any atom is 0.207 e. The topological polar surface area (TPSA) is 47.6 Å². The molecule has 0 fully saturated rings. The van der Waals surface area contributed by atoms with E-state index in [1.807, 2.05) is 0 Å². The summed E-state index contributed by atoms with van der Waals surface area (Å²) in [5, 5.41) is -1.29. The molecule has 1 amide bonds. The van der Waals surface area contributed by atoms with Crippen LogP contribution in [0.1, 0.15) is 5.56 Å². The summed E-state index contributed by atoms with van der Waals surface area (Å²) in [4.78, 5) is 10.2. The van der Waals surface area contributed by atoms with Gasteiger partial charge >= 0.3 is 0 Å². The quantitative estimate of drug-likeness (QED) is 0.336. The molecule has 0 saturated heterocycles. The second-order valence-corrected chi connectivity index (χ2v) is 4.51.